The summed E-state index contributed by atoms with van der Waals surface area (Å²) in [4.78, 5) is 10.8. The lowest BCUT2D eigenvalue weighted by atomic mass is 10.3. The Labute approximate surface area is 84.6 Å². The van der Waals surface area contributed by atoms with Crippen molar-refractivity contribution in [3.63, 3.8) is 0 Å². The first-order valence-corrected chi connectivity index (χ1v) is 5.18. The van der Waals surface area contributed by atoms with E-state index in [4.69, 9.17) is 0 Å². The first-order chi connectivity index (χ1) is 6.70. The van der Waals surface area contributed by atoms with Crippen LogP contribution in [0.1, 0.15) is 46.0 Å². The van der Waals surface area contributed by atoms with Gasteiger partial charge in [0.2, 0.25) is 6.36 Å². The number of halogens is 1. The second-order valence-corrected chi connectivity index (χ2v) is 3.12. The number of unbranched alkanes of at least 4 members (excludes halogenated alkanes) is 2. The summed E-state index contributed by atoms with van der Waals surface area (Å²) < 4.78 is 21.7. The summed E-state index contributed by atoms with van der Waals surface area (Å²) in [7, 11) is 0. The van der Waals surface area contributed by atoms with Crippen LogP contribution in [0.4, 0.5) is 9.18 Å². The van der Waals surface area contributed by atoms with Crippen molar-refractivity contribution in [3.05, 3.63) is 0 Å². The Morgan fingerprint density at radius 3 is 2.57 bits per heavy atom. The number of ether oxygens (including phenoxy) is 2. The normalized spacial score (nSPS) is 12.2. The third kappa shape index (κ3) is 7.83. The number of carbonyl (C=O) groups excluding carboxylic acids is 1. The molecule has 14 heavy (non-hydrogen) atoms. The Bertz CT molecular complexity index is 150. The van der Waals surface area contributed by atoms with E-state index in [0.717, 1.165) is 19.3 Å². The van der Waals surface area contributed by atoms with Gasteiger partial charge < -0.3 is 9.47 Å². The summed E-state index contributed by atoms with van der Waals surface area (Å²) in [5, 5.41) is 0. The molecular weight excluding hydrogens is 187 g/mol. The number of hydrogen-bond acceptors (Lipinski definition) is 3. The van der Waals surface area contributed by atoms with Gasteiger partial charge in [-0.15, -0.1) is 0 Å². The van der Waals surface area contributed by atoms with Gasteiger partial charge in [0.25, 0.3) is 0 Å². The smallest absolute Gasteiger partial charge is 0.434 e. The third-order valence-corrected chi connectivity index (χ3v) is 1.71. The van der Waals surface area contributed by atoms with Crippen LogP contribution in [-0.2, 0) is 9.47 Å². The van der Waals surface area contributed by atoms with Crippen molar-refractivity contribution >= 4 is 6.16 Å². The molecule has 0 spiro atoms. The van der Waals surface area contributed by atoms with Crippen LogP contribution in [0.25, 0.3) is 0 Å². The Kier molecular flexibility index (Phi) is 8.28. The fourth-order valence-electron chi connectivity index (χ4n) is 0.932. The Morgan fingerprint density at radius 1 is 1.29 bits per heavy atom. The van der Waals surface area contributed by atoms with E-state index in [2.05, 4.69) is 16.4 Å². The summed E-state index contributed by atoms with van der Waals surface area (Å²) >= 11 is 0. The van der Waals surface area contributed by atoms with E-state index in [1.165, 1.54) is 0 Å². The van der Waals surface area contributed by atoms with Crippen LogP contribution in [0, 0.1) is 0 Å². The molecule has 0 saturated carbocycles. The monoisotopic (exact) mass is 206 g/mol. The Balaban J connectivity index is 3.35. The van der Waals surface area contributed by atoms with E-state index in [1.807, 2.05) is 6.92 Å². The molecule has 3 nitrogen and oxygen atoms in total. The lowest BCUT2D eigenvalue weighted by Crippen LogP contribution is -2.15. The summed E-state index contributed by atoms with van der Waals surface area (Å²) in [5.41, 5.74) is 0. The van der Waals surface area contributed by atoms with Crippen LogP contribution in [0.5, 0.6) is 0 Å². The molecule has 0 amide bonds. The van der Waals surface area contributed by atoms with Crippen molar-refractivity contribution in [2.45, 2.75) is 52.3 Å². The second-order valence-electron chi connectivity index (χ2n) is 3.12. The lowest BCUT2D eigenvalue weighted by molar-refractivity contribution is -0.0352. The van der Waals surface area contributed by atoms with Crippen molar-refractivity contribution in [1.29, 1.82) is 0 Å². The van der Waals surface area contributed by atoms with Gasteiger partial charge in [0.05, 0.1) is 6.61 Å². The maximum Gasteiger partial charge on any atom is 0.510 e. The van der Waals surface area contributed by atoms with Gasteiger partial charge in [0, 0.05) is 6.42 Å². The predicted molar refractivity (Wildman–Crippen MR) is 51.8 cm³/mol. The SMILES string of the molecule is CCCCCOC(=O)OC(F)CCC. The number of rotatable bonds is 7. The molecule has 0 aromatic heterocycles. The second kappa shape index (κ2) is 8.78. The van der Waals surface area contributed by atoms with Crippen LogP contribution >= 0.6 is 0 Å². The maximum absolute atomic E-state index is 12.7. The minimum Gasteiger partial charge on any atom is -0.434 e. The summed E-state index contributed by atoms with van der Waals surface area (Å²) in [6, 6.07) is 0. The molecule has 0 radical (unpaired) electrons. The molecule has 0 aromatic rings. The van der Waals surface area contributed by atoms with Crippen molar-refractivity contribution < 1.29 is 18.7 Å². The van der Waals surface area contributed by atoms with Crippen LogP contribution in [0.2, 0.25) is 0 Å². The summed E-state index contributed by atoms with van der Waals surface area (Å²) in [5.74, 6) is 0. The fourth-order valence-corrected chi connectivity index (χ4v) is 0.932. The average Bonchev–Trinajstić information content (AvgIpc) is 2.13. The van der Waals surface area contributed by atoms with Gasteiger partial charge in [-0.1, -0.05) is 26.7 Å². The van der Waals surface area contributed by atoms with Crippen molar-refractivity contribution in [1.82, 2.24) is 0 Å². The van der Waals surface area contributed by atoms with Crippen LogP contribution < -0.4 is 0 Å². The summed E-state index contributed by atoms with van der Waals surface area (Å²) in [6.45, 7) is 4.19. The number of carbonyl (C=O) groups is 1. The molecule has 0 fully saturated rings. The van der Waals surface area contributed by atoms with Crippen molar-refractivity contribution in [2.24, 2.45) is 0 Å². The molecule has 0 N–H and O–H groups in total. The molecule has 84 valence electrons. The van der Waals surface area contributed by atoms with Gasteiger partial charge in [0.15, 0.2) is 0 Å². The minimum atomic E-state index is -1.53. The van der Waals surface area contributed by atoms with Gasteiger partial charge in [-0.05, 0) is 12.8 Å². The first-order valence-electron chi connectivity index (χ1n) is 5.18. The zero-order valence-corrected chi connectivity index (χ0v) is 8.92. The van der Waals surface area contributed by atoms with E-state index in [1.54, 1.807) is 0 Å². The van der Waals surface area contributed by atoms with E-state index in [9.17, 15) is 9.18 Å². The van der Waals surface area contributed by atoms with Gasteiger partial charge >= 0.3 is 6.16 Å². The van der Waals surface area contributed by atoms with E-state index >= 15 is 0 Å². The van der Waals surface area contributed by atoms with E-state index in [0.29, 0.717) is 13.0 Å². The van der Waals surface area contributed by atoms with Crippen LogP contribution in [0.3, 0.4) is 0 Å². The Hall–Kier alpha value is -0.800. The zero-order chi connectivity index (χ0) is 10.8. The maximum atomic E-state index is 12.7. The zero-order valence-electron chi connectivity index (χ0n) is 8.92. The highest BCUT2D eigenvalue weighted by atomic mass is 19.1. The standard InChI is InChI=1S/C10H19FO3/c1-3-5-6-8-13-10(12)14-9(11)7-4-2/h9H,3-8H2,1-2H3. The molecule has 1 unspecified atom stereocenters. The highest BCUT2D eigenvalue weighted by Gasteiger charge is 2.12. The topological polar surface area (TPSA) is 35.5 Å². The molecule has 0 aromatic carbocycles. The van der Waals surface area contributed by atoms with Crippen LogP contribution in [0.15, 0.2) is 0 Å². The molecule has 4 heteroatoms. The minimum absolute atomic E-state index is 0.226. The predicted octanol–water partition coefficient (Wildman–Crippen LogP) is 3.43. The van der Waals surface area contributed by atoms with Gasteiger partial charge in [-0.25, -0.2) is 9.18 Å². The molecule has 1 atom stereocenters. The van der Waals surface area contributed by atoms with Gasteiger partial charge in [-0.2, -0.15) is 0 Å². The number of alkyl halides is 1. The largest absolute Gasteiger partial charge is 0.510 e. The van der Waals surface area contributed by atoms with Gasteiger partial charge in [0.1, 0.15) is 0 Å². The lowest BCUT2D eigenvalue weighted by Gasteiger charge is -2.08. The first kappa shape index (κ1) is 13.2. The van der Waals surface area contributed by atoms with Crippen molar-refractivity contribution in [3.8, 4) is 0 Å². The number of hydrogen-bond donors (Lipinski definition) is 0. The summed E-state index contributed by atoms with van der Waals surface area (Å²) in [6.07, 6.45) is 1.30. The third-order valence-electron chi connectivity index (χ3n) is 1.71. The highest BCUT2D eigenvalue weighted by molar-refractivity contribution is 5.59. The molecule has 0 aliphatic rings. The highest BCUT2D eigenvalue weighted by Crippen LogP contribution is 2.05. The molecule has 0 bridgehead atoms. The quantitative estimate of drug-likeness (QED) is 0.473. The van der Waals surface area contributed by atoms with Crippen molar-refractivity contribution in [2.75, 3.05) is 6.61 Å². The molecule has 0 saturated heterocycles. The van der Waals surface area contributed by atoms with Gasteiger partial charge in [-0.3, -0.25) is 0 Å². The average molecular weight is 206 g/mol. The molecule has 0 heterocycles. The molecule has 0 aliphatic carbocycles. The van der Waals surface area contributed by atoms with E-state index in [-0.39, 0.29) is 6.42 Å². The molecule has 0 rings (SSSR count). The van der Waals surface area contributed by atoms with E-state index < -0.39 is 12.5 Å². The Morgan fingerprint density at radius 2 is 2.00 bits per heavy atom. The van der Waals surface area contributed by atoms with Crippen LogP contribution in [-0.4, -0.2) is 19.1 Å². The molecular formula is C10H19FO3. The molecule has 0 aliphatic heterocycles. The fraction of sp³-hybridized carbons (Fsp3) is 0.900.